The molecule has 0 aliphatic carbocycles. The third-order valence-corrected chi connectivity index (χ3v) is 3.89. The van der Waals surface area contributed by atoms with Gasteiger partial charge in [-0.05, 0) is 42.7 Å². The molecule has 96 valence electrons. The lowest BCUT2D eigenvalue weighted by atomic mass is 10.1. The second-order valence-electron chi connectivity index (χ2n) is 4.21. The normalized spacial score (nSPS) is 10.7. The summed E-state index contributed by atoms with van der Waals surface area (Å²) in [7, 11) is 0. The molecule has 0 aliphatic rings. The molecule has 0 unspecified atom stereocenters. The zero-order valence-electron chi connectivity index (χ0n) is 10.4. The van der Waals surface area contributed by atoms with Crippen molar-refractivity contribution in [1.29, 1.82) is 0 Å². The average Bonchev–Trinajstić information content (AvgIpc) is 2.73. The first-order valence-electron chi connectivity index (χ1n) is 5.68. The molecule has 0 bridgehead atoms. The Morgan fingerprint density at radius 1 is 1.22 bits per heavy atom. The van der Waals surface area contributed by atoms with Crippen molar-refractivity contribution in [3.05, 3.63) is 50.2 Å². The topological polar surface area (TPSA) is 29.5 Å². The number of ether oxygens (including phenoxy) is 1. The molecule has 0 amide bonds. The van der Waals surface area contributed by atoms with Crippen LogP contribution < -0.4 is 4.74 Å². The molecule has 0 fully saturated rings. The van der Waals surface area contributed by atoms with E-state index in [1.54, 1.807) is 0 Å². The standard InChI is InChI=1S/C14H15ClO2S/c1-9-5-11(7-16)6-10(2)14(9)17-8-12-3-4-13(15)18-12/h3-6,16H,7-8H2,1-2H3. The molecule has 0 aliphatic heterocycles. The fourth-order valence-corrected chi connectivity index (χ4v) is 2.93. The molecule has 1 heterocycles. The number of hydrogen-bond donors (Lipinski definition) is 1. The summed E-state index contributed by atoms with van der Waals surface area (Å²) in [5, 5.41) is 9.13. The van der Waals surface area contributed by atoms with Crippen molar-refractivity contribution >= 4 is 22.9 Å². The number of aryl methyl sites for hydroxylation is 2. The minimum atomic E-state index is 0.0580. The van der Waals surface area contributed by atoms with E-state index in [2.05, 4.69) is 0 Å². The molecule has 0 spiro atoms. The molecule has 2 rings (SSSR count). The number of halogens is 1. The predicted octanol–water partition coefficient (Wildman–Crippen LogP) is 4.09. The van der Waals surface area contributed by atoms with E-state index in [0.29, 0.717) is 6.61 Å². The van der Waals surface area contributed by atoms with Crippen molar-refractivity contribution in [3.8, 4) is 5.75 Å². The molecule has 0 saturated heterocycles. The van der Waals surface area contributed by atoms with Gasteiger partial charge in [-0.1, -0.05) is 23.7 Å². The summed E-state index contributed by atoms with van der Waals surface area (Å²) in [6, 6.07) is 7.74. The van der Waals surface area contributed by atoms with Crippen LogP contribution in [0, 0.1) is 13.8 Å². The lowest BCUT2D eigenvalue weighted by Gasteiger charge is -2.12. The summed E-state index contributed by atoms with van der Waals surface area (Å²) in [5.74, 6) is 0.886. The van der Waals surface area contributed by atoms with E-state index in [9.17, 15) is 0 Å². The Hall–Kier alpha value is -1.03. The summed E-state index contributed by atoms with van der Waals surface area (Å²) in [4.78, 5) is 1.10. The molecule has 2 nitrogen and oxygen atoms in total. The fraction of sp³-hybridized carbons (Fsp3) is 0.286. The van der Waals surface area contributed by atoms with Crippen LogP contribution in [0.2, 0.25) is 4.34 Å². The number of benzene rings is 1. The van der Waals surface area contributed by atoms with Crippen molar-refractivity contribution < 1.29 is 9.84 Å². The van der Waals surface area contributed by atoms with Gasteiger partial charge in [0.1, 0.15) is 12.4 Å². The Morgan fingerprint density at radius 3 is 2.39 bits per heavy atom. The zero-order chi connectivity index (χ0) is 13.1. The van der Waals surface area contributed by atoms with Crippen LogP contribution in [0.3, 0.4) is 0 Å². The van der Waals surface area contributed by atoms with Crippen LogP contribution in [0.1, 0.15) is 21.6 Å². The van der Waals surface area contributed by atoms with Crippen molar-refractivity contribution in [2.75, 3.05) is 0 Å². The lowest BCUT2D eigenvalue weighted by molar-refractivity contribution is 0.280. The van der Waals surface area contributed by atoms with Crippen molar-refractivity contribution in [3.63, 3.8) is 0 Å². The fourth-order valence-electron chi connectivity index (χ4n) is 1.93. The van der Waals surface area contributed by atoms with E-state index in [-0.39, 0.29) is 6.61 Å². The van der Waals surface area contributed by atoms with Crippen molar-refractivity contribution in [2.24, 2.45) is 0 Å². The first-order chi connectivity index (χ1) is 8.60. The Morgan fingerprint density at radius 2 is 1.89 bits per heavy atom. The third-order valence-electron chi connectivity index (χ3n) is 2.69. The number of aliphatic hydroxyl groups is 1. The Balaban J connectivity index is 2.14. The van der Waals surface area contributed by atoms with Gasteiger partial charge in [0.15, 0.2) is 0 Å². The van der Waals surface area contributed by atoms with Gasteiger partial charge in [-0.3, -0.25) is 0 Å². The van der Waals surface area contributed by atoms with E-state index in [1.165, 1.54) is 11.3 Å². The molecule has 18 heavy (non-hydrogen) atoms. The van der Waals surface area contributed by atoms with Crippen LogP contribution >= 0.6 is 22.9 Å². The first kappa shape index (κ1) is 13.4. The molecular formula is C14H15ClO2S. The summed E-state index contributed by atoms with van der Waals surface area (Å²) < 4.78 is 6.61. The average molecular weight is 283 g/mol. The SMILES string of the molecule is Cc1cc(CO)cc(C)c1OCc1ccc(Cl)s1. The molecule has 0 atom stereocenters. The van der Waals surface area contributed by atoms with Gasteiger partial charge >= 0.3 is 0 Å². The highest BCUT2D eigenvalue weighted by Crippen LogP contribution is 2.28. The minimum absolute atomic E-state index is 0.0580. The minimum Gasteiger partial charge on any atom is -0.488 e. The quantitative estimate of drug-likeness (QED) is 0.915. The lowest BCUT2D eigenvalue weighted by Crippen LogP contribution is -1.99. The number of thiophene rings is 1. The highest BCUT2D eigenvalue weighted by molar-refractivity contribution is 7.16. The monoisotopic (exact) mass is 282 g/mol. The summed E-state index contributed by atoms with van der Waals surface area (Å²) in [6.45, 7) is 4.56. The number of hydrogen-bond acceptors (Lipinski definition) is 3. The summed E-state index contributed by atoms with van der Waals surface area (Å²) in [5.41, 5.74) is 3.00. The molecule has 1 N–H and O–H groups in total. The molecule has 0 radical (unpaired) electrons. The Bertz CT molecular complexity index is 525. The van der Waals surface area contributed by atoms with Crippen molar-refractivity contribution in [2.45, 2.75) is 27.1 Å². The largest absolute Gasteiger partial charge is 0.488 e. The predicted molar refractivity (Wildman–Crippen MR) is 75.5 cm³/mol. The summed E-state index contributed by atoms with van der Waals surface area (Å²) >= 11 is 7.41. The van der Waals surface area contributed by atoms with Gasteiger partial charge in [-0.2, -0.15) is 0 Å². The second kappa shape index (κ2) is 5.74. The van der Waals surface area contributed by atoms with Gasteiger partial charge in [0.2, 0.25) is 0 Å². The Labute approximate surface area is 116 Å². The maximum absolute atomic E-state index is 9.13. The maximum Gasteiger partial charge on any atom is 0.125 e. The van der Waals surface area contributed by atoms with E-state index < -0.39 is 0 Å². The first-order valence-corrected chi connectivity index (χ1v) is 6.87. The van der Waals surface area contributed by atoms with Crippen molar-refractivity contribution in [1.82, 2.24) is 0 Å². The number of aliphatic hydroxyl groups excluding tert-OH is 1. The van der Waals surface area contributed by atoms with Gasteiger partial charge in [0.05, 0.1) is 10.9 Å². The highest BCUT2D eigenvalue weighted by atomic mass is 35.5. The van der Waals surface area contributed by atoms with E-state index in [0.717, 1.165) is 31.7 Å². The molecule has 1 aromatic heterocycles. The van der Waals surface area contributed by atoms with Crippen LogP contribution in [-0.2, 0) is 13.2 Å². The smallest absolute Gasteiger partial charge is 0.125 e. The zero-order valence-corrected chi connectivity index (χ0v) is 11.9. The van der Waals surface area contributed by atoms with Crippen LogP contribution in [0.15, 0.2) is 24.3 Å². The molecule has 4 heteroatoms. The van der Waals surface area contributed by atoms with Crippen LogP contribution in [0.4, 0.5) is 0 Å². The van der Waals surface area contributed by atoms with E-state index in [4.69, 9.17) is 21.4 Å². The van der Waals surface area contributed by atoms with Crippen LogP contribution in [0.5, 0.6) is 5.75 Å². The van der Waals surface area contributed by atoms with Gasteiger partial charge in [0, 0.05) is 4.88 Å². The maximum atomic E-state index is 9.13. The number of rotatable bonds is 4. The van der Waals surface area contributed by atoms with Gasteiger partial charge in [-0.25, -0.2) is 0 Å². The summed E-state index contributed by atoms with van der Waals surface area (Å²) in [6.07, 6.45) is 0. The Kier molecular flexibility index (Phi) is 4.27. The van der Waals surface area contributed by atoms with E-state index in [1.807, 2.05) is 38.1 Å². The van der Waals surface area contributed by atoms with Crippen LogP contribution in [-0.4, -0.2) is 5.11 Å². The highest BCUT2D eigenvalue weighted by Gasteiger charge is 2.07. The van der Waals surface area contributed by atoms with E-state index >= 15 is 0 Å². The van der Waals surface area contributed by atoms with Gasteiger partial charge in [-0.15, -0.1) is 11.3 Å². The molecular weight excluding hydrogens is 268 g/mol. The van der Waals surface area contributed by atoms with Gasteiger partial charge in [0.25, 0.3) is 0 Å². The second-order valence-corrected chi connectivity index (χ2v) is 6.01. The third kappa shape index (κ3) is 3.05. The molecule has 2 aromatic rings. The molecule has 0 saturated carbocycles. The van der Waals surface area contributed by atoms with Gasteiger partial charge < -0.3 is 9.84 Å². The molecule has 1 aromatic carbocycles. The van der Waals surface area contributed by atoms with Crippen LogP contribution in [0.25, 0.3) is 0 Å².